The Balaban J connectivity index is 0.000000196. The second kappa shape index (κ2) is 9.46. The van der Waals surface area contributed by atoms with Crippen LogP contribution < -0.4 is 10.5 Å². The fourth-order valence-electron chi connectivity index (χ4n) is 3.04. The molecule has 4 heterocycles. The molecule has 0 atom stereocenters. The minimum Gasteiger partial charge on any atom is -0.388 e. The largest absolute Gasteiger partial charge is 0.574 e. The SMILES string of the molecule is FC(F)(F)c1cc(-c2cc3n(n2)CCCC3)ccn1.NC(=O)c1ccnc(OC(F)(F)F)c1. The summed E-state index contributed by atoms with van der Waals surface area (Å²) in [5, 5.41) is 4.37. The van der Waals surface area contributed by atoms with E-state index in [2.05, 4.69) is 19.8 Å². The van der Waals surface area contributed by atoms with Crippen LogP contribution in [0.4, 0.5) is 26.3 Å². The number of primary amides is 1. The number of hydrogen-bond acceptors (Lipinski definition) is 5. The molecular weight excluding hydrogens is 456 g/mol. The monoisotopic (exact) mass is 473 g/mol. The van der Waals surface area contributed by atoms with Crippen molar-refractivity contribution in [2.24, 2.45) is 5.73 Å². The fourth-order valence-corrected chi connectivity index (χ4v) is 3.04. The van der Waals surface area contributed by atoms with E-state index in [0.717, 1.165) is 49.8 Å². The first-order valence-corrected chi connectivity index (χ1v) is 9.54. The third-order valence-electron chi connectivity index (χ3n) is 4.50. The summed E-state index contributed by atoms with van der Waals surface area (Å²) in [7, 11) is 0. The predicted octanol–water partition coefficient (Wildman–Crippen LogP) is 4.38. The van der Waals surface area contributed by atoms with Crippen LogP contribution in [0.5, 0.6) is 5.88 Å². The molecule has 0 saturated heterocycles. The van der Waals surface area contributed by atoms with Crippen molar-refractivity contribution in [3.63, 3.8) is 0 Å². The Morgan fingerprint density at radius 2 is 1.73 bits per heavy atom. The van der Waals surface area contributed by atoms with Gasteiger partial charge in [-0.2, -0.15) is 18.3 Å². The number of amides is 1. The van der Waals surface area contributed by atoms with Gasteiger partial charge in [-0.05, 0) is 43.5 Å². The lowest BCUT2D eigenvalue weighted by molar-refractivity contribution is -0.276. The number of pyridine rings is 2. The Kier molecular flexibility index (Phi) is 6.89. The lowest BCUT2D eigenvalue weighted by atomic mass is 10.1. The van der Waals surface area contributed by atoms with Gasteiger partial charge < -0.3 is 10.5 Å². The molecule has 2 N–H and O–H groups in total. The van der Waals surface area contributed by atoms with Crippen molar-refractivity contribution in [1.29, 1.82) is 0 Å². The minimum absolute atomic E-state index is 0.0979. The van der Waals surface area contributed by atoms with E-state index in [9.17, 15) is 31.1 Å². The van der Waals surface area contributed by atoms with E-state index in [1.54, 1.807) is 6.07 Å². The molecule has 13 heteroatoms. The molecule has 0 aromatic carbocycles. The van der Waals surface area contributed by atoms with Crippen molar-refractivity contribution in [2.45, 2.75) is 38.3 Å². The van der Waals surface area contributed by atoms with Gasteiger partial charge in [0.15, 0.2) is 0 Å². The molecule has 0 saturated carbocycles. The summed E-state index contributed by atoms with van der Waals surface area (Å²) < 4.78 is 78.3. The van der Waals surface area contributed by atoms with Crippen molar-refractivity contribution in [2.75, 3.05) is 0 Å². The standard InChI is InChI=1S/C13H12F3N3.C7H5F3N2O2/c14-13(15,16)12-7-9(4-5-17-12)11-8-10-3-1-2-6-19(10)18-11;8-7(9,10)14-5-3-4(6(11)13)1-2-12-5/h4-5,7-8H,1-3,6H2;1-3H,(H2,11,13). The molecule has 33 heavy (non-hydrogen) atoms. The molecule has 0 spiro atoms. The van der Waals surface area contributed by atoms with Crippen LogP contribution in [0, 0.1) is 0 Å². The number of ether oxygens (including phenoxy) is 1. The maximum atomic E-state index is 12.6. The predicted molar refractivity (Wildman–Crippen MR) is 103 cm³/mol. The average Bonchev–Trinajstić information content (AvgIpc) is 3.17. The summed E-state index contributed by atoms with van der Waals surface area (Å²) in [5.74, 6) is -1.56. The second-order valence-corrected chi connectivity index (χ2v) is 6.92. The van der Waals surface area contributed by atoms with Crippen molar-refractivity contribution in [3.8, 4) is 17.1 Å². The number of nitrogens with zero attached hydrogens (tertiary/aromatic N) is 4. The van der Waals surface area contributed by atoms with Gasteiger partial charge in [-0.1, -0.05) is 0 Å². The van der Waals surface area contributed by atoms with Crippen LogP contribution in [0.15, 0.2) is 42.7 Å². The van der Waals surface area contributed by atoms with Crippen molar-refractivity contribution >= 4 is 5.91 Å². The number of carbonyl (C=O) groups is 1. The summed E-state index contributed by atoms with van der Waals surface area (Å²) in [4.78, 5) is 17.2. The number of nitrogens with two attached hydrogens (primary N) is 1. The Morgan fingerprint density at radius 3 is 2.36 bits per heavy atom. The van der Waals surface area contributed by atoms with Crippen LogP contribution in [-0.2, 0) is 19.1 Å². The van der Waals surface area contributed by atoms with Crippen LogP contribution in [0.1, 0.15) is 34.6 Å². The summed E-state index contributed by atoms with van der Waals surface area (Å²) in [6.45, 7) is 0.840. The van der Waals surface area contributed by atoms with E-state index in [-0.39, 0.29) is 5.56 Å². The first-order chi connectivity index (χ1) is 15.4. The summed E-state index contributed by atoms with van der Waals surface area (Å²) in [5.41, 5.74) is 6.01. The molecule has 0 bridgehead atoms. The number of fused-ring (bicyclic) bond motifs is 1. The average molecular weight is 473 g/mol. The number of halogens is 6. The molecule has 7 nitrogen and oxygen atoms in total. The van der Waals surface area contributed by atoms with Gasteiger partial charge in [0.25, 0.3) is 0 Å². The van der Waals surface area contributed by atoms with E-state index in [4.69, 9.17) is 5.73 Å². The molecule has 3 aromatic heterocycles. The highest BCUT2D eigenvalue weighted by Gasteiger charge is 2.33. The highest BCUT2D eigenvalue weighted by molar-refractivity contribution is 5.92. The highest BCUT2D eigenvalue weighted by Crippen LogP contribution is 2.31. The van der Waals surface area contributed by atoms with Gasteiger partial charge in [0.2, 0.25) is 11.8 Å². The lowest BCUT2D eigenvalue weighted by Gasteiger charge is -2.11. The number of aryl methyl sites for hydroxylation is 2. The maximum absolute atomic E-state index is 12.6. The van der Waals surface area contributed by atoms with Gasteiger partial charge in [-0.3, -0.25) is 14.5 Å². The van der Waals surface area contributed by atoms with Gasteiger partial charge in [0.1, 0.15) is 5.69 Å². The van der Waals surface area contributed by atoms with E-state index >= 15 is 0 Å². The quantitative estimate of drug-likeness (QED) is 0.570. The third kappa shape index (κ3) is 6.67. The van der Waals surface area contributed by atoms with Gasteiger partial charge in [0, 0.05) is 41.8 Å². The molecule has 0 aliphatic carbocycles. The molecule has 0 radical (unpaired) electrons. The van der Waals surface area contributed by atoms with Crippen LogP contribution in [0.25, 0.3) is 11.3 Å². The van der Waals surface area contributed by atoms with Gasteiger partial charge in [-0.25, -0.2) is 4.98 Å². The van der Waals surface area contributed by atoms with Gasteiger partial charge >= 0.3 is 12.5 Å². The zero-order chi connectivity index (χ0) is 24.2. The Morgan fingerprint density at radius 1 is 1.00 bits per heavy atom. The fraction of sp³-hybridized carbons (Fsp3) is 0.300. The van der Waals surface area contributed by atoms with E-state index in [1.807, 2.05) is 10.7 Å². The lowest BCUT2D eigenvalue weighted by Crippen LogP contribution is -2.18. The minimum atomic E-state index is -4.83. The Bertz CT molecular complexity index is 1100. The van der Waals surface area contributed by atoms with Crippen molar-refractivity contribution in [1.82, 2.24) is 19.7 Å². The van der Waals surface area contributed by atoms with E-state index in [1.165, 1.54) is 12.3 Å². The number of alkyl halides is 6. The topological polar surface area (TPSA) is 95.9 Å². The molecule has 176 valence electrons. The number of hydrogen-bond donors (Lipinski definition) is 1. The second-order valence-electron chi connectivity index (χ2n) is 6.92. The van der Waals surface area contributed by atoms with Crippen LogP contribution in [0.3, 0.4) is 0 Å². The summed E-state index contributed by atoms with van der Waals surface area (Å²) in [6.07, 6.45) is -3.96. The molecule has 4 rings (SSSR count). The zero-order valence-electron chi connectivity index (χ0n) is 16.8. The smallest absolute Gasteiger partial charge is 0.388 e. The highest BCUT2D eigenvalue weighted by atomic mass is 19.4. The molecule has 0 unspecified atom stereocenters. The molecular formula is C20H17F6N5O2. The van der Waals surface area contributed by atoms with Crippen molar-refractivity contribution < 1.29 is 35.9 Å². The maximum Gasteiger partial charge on any atom is 0.574 e. The summed E-state index contributed by atoms with van der Waals surface area (Å²) in [6, 6.07) is 6.48. The van der Waals surface area contributed by atoms with Gasteiger partial charge in [-0.15, -0.1) is 13.2 Å². The number of rotatable bonds is 3. The normalized spacial score (nSPS) is 13.5. The summed E-state index contributed by atoms with van der Waals surface area (Å²) >= 11 is 0. The van der Waals surface area contributed by atoms with Gasteiger partial charge in [0.05, 0.1) is 5.69 Å². The Labute approximate surface area is 183 Å². The zero-order valence-corrected chi connectivity index (χ0v) is 16.8. The number of carbonyl (C=O) groups excluding carboxylic acids is 1. The molecule has 1 aliphatic rings. The Hall–Kier alpha value is -3.64. The third-order valence-corrected chi connectivity index (χ3v) is 4.50. The first kappa shape index (κ1) is 24.0. The van der Waals surface area contributed by atoms with E-state index in [0.29, 0.717) is 11.3 Å². The number of aromatic nitrogens is 4. The van der Waals surface area contributed by atoms with E-state index < -0.39 is 30.0 Å². The first-order valence-electron chi connectivity index (χ1n) is 9.54. The van der Waals surface area contributed by atoms with Crippen LogP contribution in [-0.4, -0.2) is 32.0 Å². The van der Waals surface area contributed by atoms with Crippen LogP contribution >= 0.6 is 0 Å². The van der Waals surface area contributed by atoms with Crippen LogP contribution in [0.2, 0.25) is 0 Å². The molecule has 3 aromatic rings. The van der Waals surface area contributed by atoms with Crippen molar-refractivity contribution in [3.05, 3.63) is 59.7 Å². The molecule has 0 fully saturated rings. The molecule has 1 aliphatic heterocycles. The molecule has 1 amide bonds.